The largest absolute Gasteiger partial charge is 0.496 e. The van der Waals surface area contributed by atoms with Crippen LogP contribution in [0.3, 0.4) is 0 Å². The predicted octanol–water partition coefficient (Wildman–Crippen LogP) is 3.12. The topological polar surface area (TPSA) is 96.0 Å². The van der Waals surface area contributed by atoms with E-state index < -0.39 is 29.7 Å². The summed E-state index contributed by atoms with van der Waals surface area (Å²) >= 11 is 0. The number of amides is 4. The second-order valence-electron chi connectivity index (χ2n) is 7.81. The van der Waals surface area contributed by atoms with Gasteiger partial charge < -0.3 is 4.74 Å². The molecule has 3 aromatic carbocycles. The third-order valence-electron chi connectivity index (χ3n) is 5.54. The first-order valence-corrected chi connectivity index (χ1v) is 10.7. The molecule has 1 fully saturated rings. The van der Waals surface area contributed by atoms with Crippen LogP contribution < -0.4 is 15.1 Å². The highest BCUT2D eigenvalue weighted by atomic mass is 16.5. The molecular weight excluding hydrogens is 434 g/mol. The van der Waals surface area contributed by atoms with Gasteiger partial charge in [-0.05, 0) is 43.3 Å². The maximum Gasteiger partial charge on any atom is 0.273 e. The molecule has 1 unspecified atom stereocenters. The molecule has 0 bridgehead atoms. The van der Waals surface area contributed by atoms with Gasteiger partial charge in [0.25, 0.3) is 17.7 Å². The van der Waals surface area contributed by atoms with Crippen molar-refractivity contribution in [2.24, 2.45) is 0 Å². The van der Waals surface area contributed by atoms with E-state index in [1.54, 1.807) is 78.9 Å². The van der Waals surface area contributed by atoms with Crippen molar-refractivity contribution in [2.75, 3.05) is 12.0 Å². The van der Waals surface area contributed by atoms with Crippen molar-refractivity contribution in [3.63, 3.8) is 0 Å². The van der Waals surface area contributed by atoms with Crippen LogP contribution in [0.25, 0.3) is 0 Å². The number of carbonyl (C=O) groups excluding carboxylic acids is 4. The molecule has 4 rings (SSSR count). The molecule has 0 radical (unpaired) electrons. The number of carbonyl (C=O) groups is 4. The summed E-state index contributed by atoms with van der Waals surface area (Å²) in [6, 6.07) is 20.5. The Kier molecular flexibility index (Phi) is 6.40. The second kappa shape index (κ2) is 9.58. The Hall–Kier alpha value is -4.46. The number of nitrogens with zero attached hydrogens (tertiary/aromatic N) is 2. The number of rotatable bonds is 5. The number of hydrazine groups is 1. The zero-order chi connectivity index (χ0) is 24.2. The van der Waals surface area contributed by atoms with Crippen LogP contribution in [0.5, 0.6) is 5.75 Å². The summed E-state index contributed by atoms with van der Waals surface area (Å²) in [5.74, 6) is -2.01. The van der Waals surface area contributed by atoms with Crippen LogP contribution in [0.4, 0.5) is 5.69 Å². The Morgan fingerprint density at radius 3 is 2.26 bits per heavy atom. The molecule has 1 aliphatic heterocycles. The molecule has 1 N–H and O–H groups in total. The van der Waals surface area contributed by atoms with E-state index in [1.807, 2.05) is 6.92 Å². The minimum Gasteiger partial charge on any atom is -0.496 e. The summed E-state index contributed by atoms with van der Waals surface area (Å²) in [7, 11) is 1.43. The number of methoxy groups -OCH3 is 1. The Labute approximate surface area is 196 Å². The number of anilines is 1. The molecular formula is C26H23N3O5. The van der Waals surface area contributed by atoms with E-state index in [9.17, 15) is 19.2 Å². The average Bonchev–Trinajstić information content (AvgIpc) is 3.16. The maximum absolute atomic E-state index is 13.4. The third-order valence-corrected chi connectivity index (χ3v) is 5.54. The third kappa shape index (κ3) is 4.38. The normalized spacial score (nSPS) is 15.2. The maximum atomic E-state index is 13.4. The Bertz CT molecular complexity index is 1240. The molecule has 172 valence electrons. The van der Waals surface area contributed by atoms with Gasteiger partial charge in [-0.1, -0.05) is 48.0 Å². The first kappa shape index (κ1) is 22.7. The van der Waals surface area contributed by atoms with E-state index in [2.05, 4.69) is 5.43 Å². The van der Waals surface area contributed by atoms with Crippen molar-refractivity contribution in [1.29, 1.82) is 0 Å². The van der Waals surface area contributed by atoms with E-state index in [-0.39, 0.29) is 17.5 Å². The van der Waals surface area contributed by atoms with Gasteiger partial charge in [0.2, 0.25) is 5.91 Å². The fourth-order valence-corrected chi connectivity index (χ4v) is 3.77. The number of nitrogens with one attached hydrogen (secondary N) is 1. The molecule has 0 spiro atoms. The predicted molar refractivity (Wildman–Crippen MR) is 125 cm³/mol. The van der Waals surface area contributed by atoms with Crippen LogP contribution in [-0.2, 0) is 9.59 Å². The summed E-state index contributed by atoms with van der Waals surface area (Å²) in [5, 5.41) is 0.943. The smallest absolute Gasteiger partial charge is 0.273 e. The SMILES string of the molecule is COc1ccccc1C(=O)NN(C(=O)c1ccccc1)C1CC(=O)N(c2ccc(C)cc2)C1=O. The molecule has 1 atom stereocenters. The highest BCUT2D eigenvalue weighted by Gasteiger charge is 2.45. The van der Waals surface area contributed by atoms with Crippen LogP contribution in [-0.4, -0.2) is 41.8 Å². The molecule has 1 saturated heterocycles. The average molecular weight is 457 g/mol. The van der Waals surface area contributed by atoms with E-state index in [1.165, 1.54) is 7.11 Å². The first-order chi connectivity index (χ1) is 16.4. The van der Waals surface area contributed by atoms with E-state index in [0.717, 1.165) is 15.5 Å². The van der Waals surface area contributed by atoms with Crippen molar-refractivity contribution >= 4 is 29.3 Å². The van der Waals surface area contributed by atoms with Crippen LogP contribution in [0, 0.1) is 6.92 Å². The van der Waals surface area contributed by atoms with Crippen LogP contribution >= 0.6 is 0 Å². The van der Waals surface area contributed by atoms with Crippen molar-refractivity contribution in [2.45, 2.75) is 19.4 Å². The fourth-order valence-electron chi connectivity index (χ4n) is 3.77. The van der Waals surface area contributed by atoms with Gasteiger partial charge in [0.15, 0.2) is 0 Å². The summed E-state index contributed by atoms with van der Waals surface area (Å²) in [5.41, 5.74) is 4.37. The zero-order valence-electron chi connectivity index (χ0n) is 18.7. The number of ether oxygens (including phenoxy) is 1. The molecule has 1 aliphatic rings. The monoisotopic (exact) mass is 457 g/mol. The number of benzene rings is 3. The van der Waals surface area contributed by atoms with Gasteiger partial charge in [0, 0.05) is 5.56 Å². The van der Waals surface area contributed by atoms with Crippen LogP contribution in [0.15, 0.2) is 78.9 Å². The lowest BCUT2D eigenvalue weighted by Crippen LogP contribution is -2.54. The molecule has 4 amide bonds. The number of hydrogen-bond donors (Lipinski definition) is 1. The van der Waals surface area contributed by atoms with E-state index >= 15 is 0 Å². The van der Waals surface area contributed by atoms with Gasteiger partial charge in [0.1, 0.15) is 11.8 Å². The molecule has 3 aromatic rings. The second-order valence-corrected chi connectivity index (χ2v) is 7.81. The lowest BCUT2D eigenvalue weighted by atomic mass is 10.1. The van der Waals surface area contributed by atoms with E-state index in [4.69, 9.17) is 4.74 Å². The summed E-state index contributed by atoms with van der Waals surface area (Å²) in [6.45, 7) is 1.90. The standard InChI is InChI=1S/C26H23N3O5/c1-17-12-14-19(15-13-17)28-23(30)16-21(26(28)33)29(25(32)18-8-4-3-5-9-18)27-24(31)20-10-6-7-11-22(20)34-2/h3-15,21H,16H2,1-2H3,(H,27,31). The van der Waals surface area contributed by atoms with Gasteiger partial charge in [-0.2, -0.15) is 0 Å². The van der Waals surface area contributed by atoms with Crippen molar-refractivity contribution in [1.82, 2.24) is 10.4 Å². The van der Waals surface area contributed by atoms with Crippen LogP contribution in [0.1, 0.15) is 32.7 Å². The van der Waals surface area contributed by atoms with Crippen molar-refractivity contribution < 1.29 is 23.9 Å². The van der Waals surface area contributed by atoms with Gasteiger partial charge in [-0.25, -0.2) is 9.91 Å². The van der Waals surface area contributed by atoms with Crippen molar-refractivity contribution in [3.05, 3.63) is 95.6 Å². The lowest BCUT2D eigenvalue weighted by Gasteiger charge is -2.28. The summed E-state index contributed by atoms with van der Waals surface area (Å²) < 4.78 is 5.25. The quantitative estimate of drug-likeness (QED) is 0.469. The molecule has 8 heteroatoms. The Balaban J connectivity index is 1.69. The first-order valence-electron chi connectivity index (χ1n) is 10.7. The van der Waals surface area contributed by atoms with Crippen molar-refractivity contribution in [3.8, 4) is 5.75 Å². The number of hydrogen-bond acceptors (Lipinski definition) is 5. The molecule has 0 aliphatic carbocycles. The Morgan fingerprint density at radius 1 is 0.941 bits per heavy atom. The highest BCUT2D eigenvalue weighted by molar-refractivity contribution is 6.23. The fraction of sp³-hybridized carbons (Fsp3) is 0.154. The van der Waals surface area contributed by atoms with Gasteiger partial charge >= 0.3 is 0 Å². The van der Waals surface area contributed by atoms with Gasteiger partial charge in [0.05, 0.1) is 24.8 Å². The lowest BCUT2D eigenvalue weighted by molar-refractivity contribution is -0.122. The molecule has 8 nitrogen and oxygen atoms in total. The highest BCUT2D eigenvalue weighted by Crippen LogP contribution is 2.27. The zero-order valence-corrected chi connectivity index (χ0v) is 18.7. The minimum atomic E-state index is -1.21. The Morgan fingerprint density at radius 2 is 1.59 bits per heavy atom. The van der Waals surface area contributed by atoms with Gasteiger partial charge in [-0.3, -0.25) is 24.6 Å². The summed E-state index contributed by atoms with van der Waals surface area (Å²) in [4.78, 5) is 53.7. The minimum absolute atomic E-state index is 0.183. The number of imide groups is 1. The molecule has 0 aromatic heterocycles. The van der Waals surface area contributed by atoms with Crippen LogP contribution in [0.2, 0.25) is 0 Å². The summed E-state index contributed by atoms with van der Waals surface area (Å²) in [6.07, 6.45) is -0.266. The number of aryl methyl sites for hydroxylation is 1. The van der Waals surface area contributed by atoms with E-state index in [0.29, 0.717) is 11.4 Å². The number of para-hydroxylation sites is 1. The molecule has 1 heterocycles. The molecule has 0 saturated carbocycles. The van der Waals surface area contributed by atoms with Gasteiger partial charge in [-0.15, -0.1) is 0 Å². The molecule has 34 heavy (non-hydrogen) atoms.